The fourth-order valence-corrected chi connectivity index (χ4v) is 5.95. The lowest BCUT2D eigenvalue weighted by Crippen LogP contribution is -2.48. The standard InChI is InChI=1S/C32H37N3O5/c1-22-25(32(39)35(30(22)37)24-13-14-26-23(21-24)12-15-28(26)36)9-5-3-4-8-16-33-17-19-34(20-18-33)31(38)27-10-6-7-11-29(27)40-2/h6-7,10-11,13-14,21H,3-5,8-9,12,15-20H2,1-2H3. The minimum absolute atomic E-state index is 0.0199. The fourth-order valence-electron chi connectivity index (χ4n) is 5.95. The summed E-state index contributed by atoms with van der Waals surface area (Å²) in [5.74, 6) is 0.265. The number of aryl methyl sites for hydroxylation is 1. The zero-order valence-electron chi connectivity index (χ0n) is 23.4. The molecule has 2 aromatic carbocycles. The number of carbonyl (C=O) groups excluding carboxylic acids is 4. The Balaban J connectivity index is 1.03. The molecule has 210 valence electrons. The molecule has 0 radical (unpaired) electrons. The van der Waals surface area contributed by atoms with Crippen LogP contribution in [0, 0.1) is 0 Å². The second kappa shape index (κ2) is 12.2. The van der Waals surface area contributed by atoms with E-state index in [-0.39, 0.29) is 23.5 Å². The highest BCUT2D eigenvalue weighted by molar-refractivity contribution is 6.32. The van der Waals surface area contributed by atoms with Crippen molar-refractivity contribution >= 4 is 29.2 Å². The third-order valence-electron chi connectivity index (χ3n) is 8.35. The third-order valence-corrected chi connectivity index (χ3v) is 8.35. The predicted octanol–water partition coefficient (Wildman–Crippen LogP) is 4.42. The van der Waals surface area contributed by atoms with E-state index < -0.39 is 0 Å². The summed E-state index contributed by atoms with van der Waals surface area (Å²) in [6, 6.07) is 12.6. The number of methoxy groups -OCH3 is 1. The predicted molar refractivity (Wildman–Crippen MR) is 153 cm³/mol. The van der Waals surface area contributed by atoms with E-state index in [1.165, 1.54) is 4.90 Å². The van der Waals surface area contributed by atoms with Crippen molar-refractivity contribution in [3.63, 3.8) is 0 Å². The number of unbranched alkanes of at least 4 members (excludes halogenated alkanes) is 3. The number of Topliss-reactive ketones (excluding diaryl/α,β-unsaturated/α-hetero) is 1. The van der Waals surface area contributed by atoms with Gasteiger partial charge in [0, 0.05) is 49.3 Å². The molecule has 5 rings (SSSR count). The number of ether oxygens (including phenoxy) is 1. The molecule has 1 saturated heterocycles. The molecule has 0 aromatic heterocycles. The van der Waals surface area contributed by atoms with Crippen molar-refractivity contribution < 1.29 is 23.9 Å². The van der Waals surface area contributed by atoms with Gasteiger partial charge < -0.3 is 9.64 Å². The van der Waals surface area contributed by atoms with Crippen molar-refractivity contribution in [2.75, 3.05) is 44.7 Å². The van der Waals surface area contributed by atoms with Gasteiger partial charge in [0.25, 0.3) is 17.7 Å². The summed E-state index contributed by atoms with van der Waals surface area (Å²) in [7, 11) is 1.59. The van der Waals surface area contributed by atoms with E-state index in [1.807, 2.05) is 35.2 Å². The van der Waals surface area contributed by atoms with Crippen LogP contribution in [-0.4, -0.2) is 73.1 Å². The molecule has 2 aromatic rings. The number of fused-ring (bicyclic) bond motifs is 1. The lowest BCUT2D eigenvalue weighted by Gasteiger charge is -2.35. The molecule has 2 heterocycles. The number of carbonyl (C=O) groups is 4. The lowest BCUT2D eigenvalue weighted by molar-refractivity contribution is -0.120. The van der Waals surface area contributed by atoms with E-state index >= 15 is 0 Å². The maximum Gasteiger partial charge on any atom is 0.261 e. The van der Waals surface area contributed by atoms with Crippen LogP contribution >= 0.6 is 0 Å². The first-order valence-electron chi connectivity index (χ1n) is 14.3. The molecule has 8 nitrogen and oxygen atoms in total. The summed E-state index contributed by atoms with van der Waals surface area (Å²) in [4.78, 5) is 56.5. The number of amides is 3. The molecule has 1 aliphatic carbocycles. The minimum atomic E-state index is -0.257. The van der Waals surface area contributed by atoms with Crippen molar-refractivity contribution in [1.82, 2.24) is 9.80 Å². The average Bonchev–Trinajstić information content (AvgIpc) is 3.45. The quantitative estimate of drug-likeness (QED) is 0.326. The van der Waals surface area contributed by atoms with Crippen LogP contribution in [0.25, 0.3) is 0 Å². The summed E-state index contributed by atoms with van der Waals surface area (Å²) >= 11 is 0. The molecule has 0 unspecified atom stereocenters. The Hall–Kier alpha value is -3.78. The largest absolute Gasteiger partial charge is 0.496 e. The van der Waals surface area contributed by atoms with E-state index in [9.17, 15) is 19.2 Å². The minimum Gasteiger partial charge on any atom is -0.496 e. The molecule has 0 N–H and O–H groups in total. The molecule has 3 amide bonds. The maximum absolute atomic E-state index is 13.2. The highest BCUT2D eigenvalue weighted by Gasteiger charge is 2.37. The van der Waals surface area contributed by atoms with Crippen LogP contribution in [0.2, 0.25) is 0 Å². The number of para-hydroxylation sites is 1. The van der Waals surface area contributed by atoms with Gasteiger partial charge in [0.05, 0.1) is 18.4 Å². The average molecular weight is 544 g/mol. The molecule has 0 bridgehead atoms. The van der Waals surface area contributed by atoms with Crippen molar-refractivity contribution in [1.29, 1.82) is 0 Å². The normalized spacial score (nSPS) is 17.7. The zero-order valence-corrected chi connectivity index (χ0v) is 23.4. The molecule has 40 heavy (non-hydrogen) atoms. The Bertz CT molecular complexity index is 1360. The smallest absolute Gasteiger partial charge is 0.261 e. The molecule has 2 aliphatic heterocycles. The number of anilines is 1. The highest BCUT2D eigenvalue weighted by atomic mass is 16.5. The number of rotatable bonds is 10. The Labute approximate surface area is 235 Å². The second-order valence-corrected chi connectivity index (χ2v) is 10.8. The number of ketones is 1. The number of imide groups is 1. The first kappa shape index (κ1) is 27.8. The van der Waals surface area contributed by atoms with Crippen LogP contribution < -0.4 is 9.64 Å². The van der Waals surface area contributed by atoms with Crippen molar-refractivity contribution in [2.45, 2.75) is 51.9 Å². The molecule has 0 spiro atoms. The number of benzene rings is 2. The van der Waals surface area contributed by atoms with Crippen LogP contribution in [0.4, 0.5) is 5.69 Å². The van der Waals surface area contributed by atoms with E-state index in [2.05, 4.69) is 4.90 Å². The van der Waals surface area contributed by atoms with Gasteiger partial charge in [-0.05, 0) is 75.0 Å². The Morgan fingerprint density at radius 3 is 2.40 bits per heavy atom. The zero-order chi connectivity index (χ0) is 28.2. The lowest BCUT2D eigenvalue weighted by atomic mass is 10.0. The number of nitrogens with zero attached hydrogens (tertiary/aromatic N) is 3. The first-order valence-corrected chi connectivity index (χ1v) is 14.3. The first-order chi connectivity index (χ1) is 19.4. The molecular formula is C32H37N3O5. The fraction of sp³-hybridized carbons (Fsp3) is 0.438. The molecular weight excluding hydrogens is 506 g/mol. The monoisotopic (exact) mass is 543 g/mol. The van der Waals surface area contributed by atoms with Crippen LogP contribution in [0.15, 0.2) is 53.6 Å². The molecule has 3 aliphatic rings. The van der Waals surface area contributed by atoms with Crippen LogP contribution in [0.3, 0.4) is 0 Å². The highest BCUT2D eigenvalue weighted by Crippen LogP contribution is 2.33. The van der Waals surface area contributed by atoms with E-state index in [4.69, 9.17) is 4.74 Å². The van der Waals surface area contributed by atoms with Gasteiger partial charge in [0.1, 0.15) is 5.75 Å². The third kappa shape index (κ3) is 5.59. The Morgan fingerprint density at radius 1 is 0.875 bits per heavy atom. The van der Waals surface area contributed by atoms with Gasteiger partial charge in [-0.3, -0.25) is 24.1 Å². The van der Waals surface area contributed by atoms with Gasteiger partial charge in [-0.1, -0.05) is 25.0 Å². The maximum atomic E-state index is 13.2. The van der Waals surface area contributed by atoms with Gasteiger partial charge in [-0.25, -0.2) is 4.90 Å². The van der Waals surface area contributed by atoms with Crippen LogP contribution in [0.1, 0.15) is 71.7 Å². The number of hydrogen-bond acceptors (Lipinski definition) is 6. The summed E-state index contributed by atoms with van der Waals surface area (Å²) in [5, 5.41) is 0. The summed E-state index contributed by atoms with van der Waals surface area (Å²) in [5.41, 5.74) is 3.93. The molecule has 0 atom stereocenters. The molecule has 0 saturated carbocycles. The number of hydrogen-bond donors (Lipinski definition) is 0. The van der Waals surface area contributed by atoms with Gasteiger partial charge in [0.2, 0.25) is 0 Å². The van der Waals surface area contributed by atoms with E-state index in [1.54, 1.807) is 26.2 Å². The van der Waals surface area contributed by atoms with Crippen LogP contribution in [0.5, 0.6) is 5.75 Å². The van der Waals surface area contributed by atoms with E-state index in [0.717, 1.165) is 50.9 Å². The summed E-state index contributed by atoms with van der Waals surface area (Å²) in [6.07, 6.45) is 5.71. The number of piperazine rings is 1. The topological polar surface area (TPSA) is 87.2 Å². The molecule has 8 heteroatoms. The summed E-state index contributed by atoms with van der Waals surface area (Å²) < 4.78 is 5.35. The van der Waals surface area contributed by atoms with Crippen molar-refractivity contribution in [3.05, 3.63) is 70.3 Å². The van der Waals surface area contributed by atoms with Crippen molar-refractivity contribution in [2.24, 2.45) is 0 Å². The van der Waals surface area contributed by atoms with Gasteiger partial charge in [0.15, 0.2) is 5.78 Å². The Morgan fingerprint density at radius 2 is 1.62 bits per heavy atom. The van der Waals surface area contributed by atoms with Crippen molar-refractivity contribution in [3.8, 4) is 5.75 Å². The van der Waals surface area contributed by atoms with Gasteiger partial charge in [-0.15, -0.1) is 0 Å². The van der Waals surface area contributed by atoms with Gasteiger partial charge >= 0.3 is 0 Å². The second-order valence-electron chi connectivity index (χ2n) is 10.8. The van der Waals surface area contributed by atoms with Crippen LogP contribution in [-0.2, 0) is 16.0 Å². The SMILES string of the molecule is COc1ccccc1C(=O)N1CCN(CCCCCCC2=C(C)C(=O)N(c3ccc4c(c3)CCC4=O)C2=O)CC1. The summed E-state index contributed by atoms with van der Waals surface area (Å²) in [6.45, 7) is 5.86. The Kier molecular flexibility index (Phi) is 8.45. The molecule has 1 fully saturated rings. The van der Waals surface area contributed by atoms with Gasteiger partial charge in [-0.2, -0.15) is 0 Å². The van der Waals surface area contributed by atoms with E-state index in [0.29, 0.717) is 66.1 Å².